The molecule has 1 saturated carbocycles. The fraction of sp³-hybridized carbons (Fsp3) is 0.385. The van der Waals surface area contributed by atoms with E-state index in [0.29, 0.717) is 6.42 Å². The number of benzene rings is 1. The van der Waals surface area contributed by atoms with Gasteiger partial charge in [-0.2, -0.15) is 0 Å². The molecule has 0 amide bonds. The topological polar surface area (TPSA) is 52.6 Å². The second-order valence-corrected chi connectivity index (χ2v) is 4.10. The van der Waals surface area contributed by atoms with Gasteiger partial charge in [-0.25, -0.2) is 0 Å². The maximum absolute atomic E-state index is 11.5. The van der Waals surface area contributed by atoms with Crippen LogP contribution in [-0.4, -0.2) is 19.4 Å². The van der Waals surface area contributed by atoms with Crippen molar-refractivity contribution in [1.82, 2.24) is 0 Å². The molecule has 0 heterocycles. The first-order chi connectivity index (χ1) is 8.24. The minimum absolute atomic E-state index is 0.127. The van der Waals surface area contributed by atoms with E-state index in [1.54, 1.807) is 7.11 Å². The molecule has 2 atom stereocenters. The lowest BCUT2D eigenvalue weighted by Crippen LogP contribution is -2.08. The second-order valence-electron chi connectivity index (χ2n) is 4.10. The van der Waals surface area contributed by atoms with Crippen molar-refractivity contribution in [2.24, 2.45) is 11.8 Å². The minimum atomic E-state index is -0.280. The Morgan fingerprint density at radius 1 is 1.41 bits per heavy atom. The maximum Gasteiger partial charge on any atom is 0.310 e. The van der Waals surface area contributed by atoms with Gasteiger partial charge in [0, 0.05) is 5.92 Å². The molecule has 0 aliphatic heterocycles. The molecule has 1 aromatic carbocycles. The fourth-order valence-electron chi connectivity index (χ4n) is 1.62. The summed E-state index contributed by atoms with van der Waals surface area (Å²) >= 11 is 0. The van der Waals surface area contributed by atoms with Crippen LogP contribution >= 0.6 is 0 Å². The highest BCUT2D eigenvalue weighted by Gasteiger charge is 2.44. The molecule has 0 spiro atoms. The van der Waals surface area contributed by atoms with Crippen LogP contribution < -0.4 is 4.74 Å². The second kappa shape index (κ2) is 4.99. The van der Waals surface area contributed by atoms with Gasteiger partial charge in [-0.1, -0.05) is 12.1 Å². The number of carbonyl (C=O) groups is 2. The number of ether oxygens (including phenoxy) is 2. The SMILES string of the molecule is COc1ccc(COC(=O)C2CC2C=O)cc1. The normalized spacial score (nSPS) is 21.7. The van der Waals surface area contributed by atoms with E-state index in [1.165, 1.54) is 0 Å². The Hall–Kier alpha value is -1.84. The van der Waals surface area contributed by atoms with Crippen LogP contribution in [0.3, 0.4) is 0 Å². The summed E-state index contributed by atoms with van der Waals surface area (Å²) in [6, 6.07) is 7.31. The molecule has 0 N–H and O–H groups in total. The lowest BCUT2D eigenvalue weighted by molar-refractivity contribution is -0.147. The molecular formula is C13H14O4. The molecule has 0 radical (unpaired) electrons. The van der Waals surface area contributed by atoms with E-state index in [0.717, 1.165) is 17.6 Å². The standard InChI is InChI=1S/C13H14O4/c1-16-11-4-2-9(3-5-11)8-17-13(15)12-6-10(12)7-14/h2-5,7,10,12H,6,8H2,1H3. The highest BCUT2D eigenvalue weighted by atomic mass is 16.5. The zero-order valence-corrected chi connectivity index (χ0v) is 9.59. The van der Waals surface area contributed by atoms with E-state index in [4.69, 9.17) is 9.47 Å². The van der Waals surface area contributed by atoms with Crippen molar-refractivity contribution in [2.45, 2.75) is 13.0 Å². The van der Waals surface area contributed by atoms with E-state index >= 15 is 0 Å². The van der Waals surface area contributed by atoms with Crippen molar-refractivity contribution in [3.05, 3.63) is 29.8 Å². The van der Waals surface area contributed by atoms with Gasteiger partial charge in [-0.15, -0.1) is 0 Å². The van der Waals surface area contributed by atoms with E-state index in [2.05, 4.69) is 0 Å². The summed E-state index contributed by atoms with van der Waals surface area (Å²) in [5.74, 6) is 0.144. The third kappa shape index (κ3) is 2.84. The van der Waals surface area contributed by atoms with Crippen molar-refractivity contribution in [3.8, 4) is 5.75 Å². The Balaban J connectivity index is 1.81. The minimum Gasteiger partial charge on any atom is -0.497 e. The first-order valence-corrected chi connectivity index (χ1v) is 5.49. The van der Waals surface area contributed by atoms with Gasteiger partial charge >= 0.3 is 5.97 Å². The molecule has 17 heavy (non-hydrogen) atoms. The predicted molar refractivity (Wildman–Crippen MR) is 60.5 cm³/mol. The Morgan fingerprint density at radius 3 is 2.65 bits per heavy atom. The summed E-state index contributed by atoms with van der Waals surface area (Å²) in [4.78, 5) is 21.9. The van der Waals surface area contributed by atoms with Gasteiger partial charge < -0.3 is 14.3 Å². The molecule has 4 heteroatoms. The smallest absolute Gasteiger partial charge is 0.310 e. The van der Waals surface area contributed by atoms with Gasteiger partial charge in [0.05, 0.1) is 13.0 Å². The Kier molecular flexibility index (Phi) is 3.42. The van der Waals surface area contributed by atoms with Crippen LogP contribution in [0.1, 0.15) is 12.0 Å². The maximum atomic E-state index is 11.5. The summed E-state index contributed by atoms with van der Waals surface area (Å²) in [5, 5.41) is 0. The molecule has 1 fully saturated rings. The van der Waals surface area contributed by atoms with E-state index < -0.39 is 0 Å². The average molecular weight is 234 g/mol. The fourth-order valence-corrected chi connectivity index (χ4v) is 1.62. The van der Waals surface area contributed by atoms with Gasteiger partial charge in [-0.05, 0) is 24.1 Å². The van der Waals surface area contributed by atoms with E-state index in [1.807, 2.05) is 24.3 Å². The number of carbonyl (C=O) groups excluding carboxylic acids is 2. The third-order valence-corrected chi connectivity index (χ3v) is 2.86. The van der Waals surface area contributed by atoms with Crippen LogP contribution in [-0.2, 0) is 20.9 Å². The van der Waals surface area contributed by atoms with Crippen LogP contribution in [0.4, 0.5) is 0 Å². The molecule has 0 bridgehead atoms. The van der Waals surface area contributed by atoms with Gasteiger partial charge in [0.15, 0.2) is 0 Å². The van der Waals surface area contributed by atoms with E-state index in [-0.39, 0.29) is 24.4 Å². The summed E-state index contributed by atoms with van der Waals surface area (Å²) in [6.45, 7) is 0.241. The van der Waals surface area contributed by atoms with Gasteiger partial charge in [0.25, 0.3) is 0 Å². The zero-order chi connectivity index (χ0) is 12.3. The summed E-state index contributed by atoms with van der Waals surface area (Å²) in [7, 11) is 1.60. The van der Waals surface area contributed by atoms with Crippen molar-refractivity contribution in [1.29, 1.82) is 0 Å². The lowest BCUT2D eigenvalue weighted by atomic mass is 10.2. The highest BCUT2D eigenvalue weighted by molar-refractivity contribution is 5.81. The molecule has 2 rings (SSSR count). The zero-order valence-electron chi connectivity index (χ0n) is 9.59. The van der Waals surface area contributed by atoms with Crippen molar-refractivity contribution in [2.75, 3.05) is 7.11 Å². The lowest BCUT2D eigenvalue weighted by Gasteiger charge is -2.05. The average Bonchev–Trinajstić information content (AvgIpc) is 3.16. The molecule has 2 unspecified atom stereocenters. The number of hydrogen-bond acceptors (Lipinski definition) is 4. The molecule has 90 valence electrons. The van der Waals surface area contributed by atoms with Crippen LogP contribution in [0, 0.1) is 11.8 Å². The molecule has 0 aromatic heterocycles. The number of hydrogen-bond donors (Lipinski definition) is 0. The van der Waals surface area contributed by atoms with Gasteiger partial charge in [-0.3, -0.25) is 4.79 Å². The molecule has 1 aliphatic rings. The van der Waals surface area contributed by atoms with E-state index in [9.17, 15) is 9.59 Å². The number of aldehydes is 1. The molecular weight excluding hydrogens is 220 g/mol. The predicted octanol–water partition coefficient (Wildman–Crippen LogP) is 1.57. The molecule has 1 aliphatic carbocycles. The monoisotopic (exact) mass is 234 g/mol. The number of methoxy groups -OCH3 is 1. The van der Waals surface area contributed by atoms with Crippen LogP contribution in [0.5, 0.6) is 5.75 Å². The van der Waals surface area contributed by atoms with Crippen molar-refractivity contribution < 1.29 is 19.1 Å². The summed E-state index contributed by atoms with van der Waals surface area (Å²) in [5.41, 5.74) is 0.905. The first-order valence-electron chi connectivity index (χ1n) is 5.49. The first kappa shape index (κ1) is 11.6. The summed E-state index contributed by atoms with van der Waals surface area (Å²) in [6.07, 6.45) is 1.45. The molecule has 4 nitrogen and oxygen atoms in total. The largest absolute Gasteiger partial charge is 0.497 e. The Bertz CT molecular complexity index is 410. The number of esters is 1. The van der Waals surface area contributed by atoms with Crippen molar-refractivity contribution in [3.63, 3.8) is 0 Å². The number of rotatable bonds is 5. The van der Waals surface area contributed by atoms with Crippen LogP contribution in [0.25, 0.3) is 0 Å². The quantitative estimate of drug-likeness (QED) is 0.573. The van der Waals surface area contributed by atoms with Crippen LogP contribution in [0.2, 0.25) is 0 Å². The summed E-state index contributed by atoms with van der Waals surface area (Å²) < 4.78 is 10.1. The highest BCUT2D eigenvalue weighted by Crippen LogP contribution is 2.37. The van der Waals surface area contributed by atoms with Gasteiger partial charge in [0.2, 0.25) is 0 Å². The van der Waals surface area contributed by atoms with Crippen LogP contribution in [0.15, 0.2) is 24.3 Å². The third-order valence-electron chi connectivity index (χ3n) is 2.86. The Labute approximate surface area is 99.5 Å². The van der Waals surface area contributed by atoms with Crippen molar-refractivity contribution >= 4 is 12.3 Å². The molecule has 1 aromatic rings. The van der Waals surface area contributed by atoms with Gasteiger partial charge in [0.1, 0.15) is 18.6 Å². The molecule has 0 saturated heterocycles. The Morgan fingerprint density at radius 2 is 2.12 bits per heavy atom.